The fraction of sp³-hybridized carbons (Fsp3) is 0.476. The van der Waals surface area contributed by atoms with Crippen LogP contribution in [0.1, 0.15) is 25.8 Å². The standard InChI is InChI=1S/C21H30N4O9/c1-10(26)16(19(31)23-14(21(33)34)8-12-6-4-3-5-7-12)25-20(32)17(11(2)27)24-18(30)13(22)9-15(28)29/h3-7,10-11,13-14,16-17,26-27H,8-9,22H2,1-2H3,(H,23,31)(H,24,30)(H,25,32)(H,28,29)(H,33,34). The number of nitrogens with one attached hydrogen (secondary N) is 3. The van der Waals surface area contributed by atoms with Crippen molar-refractivity contribution in [2.45, 2.75) is 63.1 Å². The molecule has 0 fully saturated rings. The first-order valence-corrected chi connectivity index (χ1v) is 10.3. The van der Waals surface area contributed by atoms with Crippen LogP contribution in [0.15, 0.2) is 30.3 Å². The number of carboxylic acids is 2. The zero-order chi connectivity index (χ0) is 26.0. The minimum absolute atomic E-state index is 0.0593. The van der Waals surface area contributed by atoms with Crippen LogP contribution in [0.5, 0.6) is 0 Å². The second-order valence-electron chi connectivity index (χ2n) is 7.75. The van der Waals surface area contributed by atoms with Gasteiger partial charge in [0.05, 0.1) is 24.7 Å². The highest BCUT2D eigenvalue weighted by Gasteiger charge is 2.34. The highest BCUT2D eigenvalue weighted by Crippen LogP contribution is 2.06. The Hall–Kier alpha value is -3.55. The predicted molar refractivity (Wildman–Crippen MR) is 117 cm³/mol. The van der Waals surface area contributed by atoms with E-state index in [0.29, 0.717) is 5.56 Å². The van der Waals surface area contributed by atoms with Crippen molar-refractivity contribution >= 4 is 29.7 Å². The Morgan fingerprint density at radius 3 is 1.74 bits per heavy atom. The molecule has 34 heavy (non-hydrogen) atoms. The van der Waals surface area contributed by atoms with Crippen LogP contribution in [-0.2, 0) is 30.4 Å². The van der Waals surface area contributed by atoms with E-state index in [9.17, 15) is 39.3 Å². The maximum atomic E-state index is 12.7. The van der Waals surface area contributed by atoms with E-state index in [2.05, 4.69) is 16.0 Å². The minimum atomic E-state index is -1.64. The van der Waals surface area contributed by atoms with Crippen LogP contribution in [0, 0.1) is 0 Å². The van der Waals surface area contributed by atoms with Crippen LogP contribution < -0.4 is 21.7 Å². The van der Waals surface area contributed by atoms with Gasteiger partial charge in [-0.2, -0.15) is 0 Å². The van der Waals surface area contributed by atoms with Gasteiger partial charge < -0.3 is 42.1 Å². The van der Waals surface area contributed by atoms with Crippen LogP contribution in [0.3, 0.4) is 0 Å². The number of amides is 3. The molecule has 0 aliphatic rings. The average molecular weight is 482 g/mol. The number of carboxylic acid groups (broad SMARTS) is 2. The van der Waals surface area contributed by atoms with Crippen molar-refractivity contribution in [1.29, 1.82) is 0 Å². The molecule has 3 amide bonds. The highest BCUT2D eigenvalue weighted by molar-refractivity contribution is 5.95. The van der Waals surface area contributed by atoms with Gasteiger partial charge >= 0.3 is 11.9 Å². The Morgan fingerprint density at radius 1 is 0.824 bits per heavy atom. The summed E-state index contributed by atoms with van der Waals surface area (Å²) in [6.07, 6.45) is -3.74. The van der Waals surface area contributed by atoms with Crippen molar-refractivity contribution in [3.63, 3.8) is 0 Å². The summed E-state index contributed by atoms with van der Waals surface area (Å²) in [5.74, 6) is -5.81. The van der Waals surface area contributed by atoms with E-state index in [0.717, 1.165) is 6.92 Å². The fourth-order valence-corrected chi connectivity index (χ4v) is 2.91. The molecule has 0 spiro atoms. The van der Waals surface area contributed by atoms with Gasteiger partial charge in [0.15, 0.2) is 0 Å². The molecule has 0 radical (unpaired) electrons. The Balaban J connectivity index is 2.93. The first-order valence-electron chi connectivity index (χ1n) is 10.3. The number of carbonyl (C=O) groups is 5. The van der Waals surface area contributed by atoms with Gasteiger partial charge in [0, 0.05) is 6.42 Å². The maximum absolute atomic E-state index is 12.7. The second kappa shape index (κ2) is 13.2. The smallest absolute Gasteiger partial charge is 0.326 e. The van der Waals surface area contributed by atoms with E-state index in [1.54, 1.807) is 30.3 Å². The monoisotopic (exact) mass is 482 g/mol. The quantitative estimate of drug-likeness (QED) is 0.145. The number of nitrogens with two attached hydrogens (primary N) is 1. The first kappa shape index (κ1) is 28.5. The second-order valence-corrected chi connectivity index (χ2v) is 7.75. The molecule has 1 aromatic carbocycles. The lowest BCUT2D eigenvalue weighted by Crippen LogP contribution is -2.62. The molecule has 1 aromatic rings. The lowest BCUT2D eigenvalue weighted by atomic mass is 10.0. The van der Waals surface area contributed by atoms with Gasteiger partial charge in [-0.05, 0) is 19.4 Å². The van der Waals surface area contributed by atoms with Crippen LogP contribution in [0.2, 0.25) is 0 Å². The van der Waals surface area contributed by atoms with E-state index < -0.39 is 72.5 Å². The van der Waals surface area contributed by atoms with Gasteiger partial charge in [0.1, 0.15) is 18.1 Å². The minimum Gasteiger partial charge on any atom is -0.481 e. The lowest BCUT2D eigenvalue weighted by molar-refractivity contribution is -0.143. The van der Waals surface area contributed by atoms with E-state index in [-0.39, 0.29) is 6.42 Å². The SMILES string of the molecule is CC(O)C(NC(=O)C(N)CC(=O)O)C(=O)NC(C(=O)NC(Cc1ccccc1)C(=O)O)C(C)O. The number of hydrogen-bond acceptors (Lipinski definition) is 8. The van der Waals surface area contributed by atoms with Gasteiger partial charge in [-0.1, -0.05) is 30.3 Å². The third-order valence-corrected chi connectivity index (χ3v) is 4.75. The van der Waals surface area contributed by atoms with Crippen molar-refractivity contribution in [3.05, 3.63) is 35.9 Å². The zero-order valence-corrected chi connectivity index (χ0v) is 18.7. The molecule has 6 atom stereocenters. The topological polar surface area (TPSA) is 228 Å². The van der Waals surface area contributed by atoms with Gasteiger partial charge in [-0.3, -0.25) is 19.2 Å². The molecule has 1 rings (SSSR count). The molecule has 188 valence electrons. The third kappa shape index (κ3) is 9.13. The number of rotatable bonds is 13. The largest absolute Gasteiger partial charge is 0.481 e. The van der Waals surface area contributed by atoms with Gasteiger partial charge in [-0.25, -0.2) is 4.79 Å². The molecule has 6 unspecified atom stereocenters. The maximum Gasteiger partial charge on any atom is 0.326 e. The van der Waals surface area contributed by atoms with Crippen molar-refractivity contribution in [2.75, 3.05) is 0 Å². The summed E-state index contributed by atoms with van der Waals surface area (Å²) in [7, 11) is 0. The molecular formula is C21H30N4O9. The summed E-state index contributed by atoms with van der Waals surface area (Å²) in [6, 6.07) is 2.33. The Bertz CT molecular complexity index is 876. The van der Waals surface area contributed by atoms with Gasteiger partial charge in [0.2, 0.25) is 17.7 Å². The summed E-state index contributed by atoms with van der Waals surface area (Å²) >= 11 is 0. The number of benzene rings is 1. The van der Waals surface area contributed by atoms with Crippen molar-refractivity contribution in [3.8, 4) is 0 Å². The van der Waals surface area contributed by atoms with Crippen LogP contribution >= 0.6 is 0 Å². The van der Waals surface area contributed by atoms with Crippen molar-refractivity contribution in [1.82, 2.24) is 16.0 Å². The van der Waals surface area contributed by atoms with Crippen LogP contribution in [0.4, 0.5) is 0 Å². The molecule has 0 aromatic heterocycles. The Morgan fingerprint density at radius 2 is 1.29 bits per heavy atom. The first-order chi connectivity index (χ1) is 15.8. The van der Waals surface area contributed by atoms with Gasteiger partial charge in [0.25, 0.3) is 0 Å². The molecule has 9 N–H and O–H groups in total. The molecule has 0 aliphatic heterocycles. The van der Waals surface area contributed by atoms with Crippen molar-refractivity contribution in [2.24, 2.45) is 5.73 Å². The molecule has 0 saturated carbocycles. The molecule has 13 heteroatoms. The molecule has 0 aliphatic carbocycles. The summed E-state index contributed by atoms with van der Waals surface area (Å²) in [4.78, 5) is 59.7. The van der Waals surface area contributed by atoms with E-state index >= 15 is 0 Å². The number of hydrogen-bond donors (Lipinski definition) is 8. The molecular weight excluding hydrogens is 452 g/mol. The summed E-state index contributed by atoms with van der Waals surface area (Å²) in [6.45, 7) is 2.33. The van der Waals surface area contributed by atoms with E-state index in [4.69, 9.17) is 10.8 Å². The summed E-state index contributed by atoms with van der Waals surface area (Å²) in [5.41, 5.74) is 6.07. The number of aliphatic hydroxyl groups excluding tert-OH is 2. The Labute approximate surface area is 195 Å². The molecule has 0 heterocycles. The third-order valence-electron chi connectivity index (χ3n) is 4.75. The van der Waals surface area contributed by atoms with Gasteiger partial charge in [-0.15, -0.1) is 0 Å². The number of aliphatic hydroxyl groups is 2. The number of aliphatic carboxylic acids is 2. The van der Waals surface area contributed by atoms with Crippen LogP contribution in [0.25, 0.3) is 0 Å². The fourth-order valence-electron chi connectivity index (χ4n) is 2.91. The summed E-state index contributed by atoms with van der Waals surface area (Å²) in [5, 5.41) is 44.6. The molecule has 13 nitrogen and oxygen atoms in total. The zero-order valence-electron chi connectivity index (χ0n) is 18.7. The highest BCUT2D eigenvalue weighted by atomic mass is 16.4. The van der Waals surface area contributed by atoms with E-state index in [1.165, 1.54) is 6.92 Å². The average Bonchev–Trinajstić information content (AvgIpc) is 2.74. The normalized spacial score (nSPS) is 16.1. The number of carbonyl (C=O) groups excluding carboxylic acids is 3. The van der Waals surface area contributed by atoms with Crippen LogP contribution in [-0.4, -0.2) is 86.5 Å². The summed E-state index contributed by atoms with van der Waals surface area (Å²) < 4.78 is 0. The molecule has 0 bridgehead atoms. The van der Waals surface area contributed by atoms with Crippen molar-refractivity contribution < 1.29 is 44.4 Å². The Kier molecular flexibility index (Phi) is 11.1. The molecule has 0 saturated heterocycles. The van der Waals surface area contributed by atoms with E-state index in [1.807, 2.05) is 0 Å². The predicted octanol–water partition coefficient (Wildman–Crippen LogP) is -2.67. The lowest BCUT2D eigenvalue weighted by Gasteiger charge is -2.27.